The molecule has 0 aliphatic heterocycles. The summed E-state index contributed by atoms with van der Waals surface area (Å²) in [7, 11) is 1.55. The van der Waals surface area contributed by atoms with E-state index in [2.05, 4.69) is 31.8 Å². The largest absolute Gasteiger partial charge is 0.493 e. The summed E-state index contributed by atoms with van der Waals surface area (Å²) in [6.45, 7) is 6.10. The molecule has 7 nitrogen and oxygen atoms in total. The average molecular weight is 476 g/mol. The number of carbonyl (C=O) groups excluding carboxylic acids is 2. The Morgan fingerprint density at radius 2 is 1.90 bits per heavy atom. The highest BCUT2D eigenvalue weighted by atomic mass is 79.9. The average Bonchev–Trinajstić information content (AvgIpc) is 2.73. The van der Waals surface area contributed by atoms with Crippen LogP contribution in [0.5, 0.6) is 11.5 Å². The minimum atomic E-state index is -0.726. The minimum absolute atomic E-state index is 0.118. The highest BCUT2D eigenvalue weighted by Crippen LogP contribution is 2.36. The highest BCUT2D eigenvalue weighted by molar-refractivity contribution is 9.10. The van der Waals surface area contributed by atoms with Gasteiger partial charge in [-0.05, 0) is 58.6 Å². The van der Waals surface area contributed by atoms with Gasteiger partial charge in [0.1, 0.15) is 6.04 Å². The summed E-state index contributed by atoms with van der Waals surface area (Å²) in [6, 6.07) is 11.6. The van der Waals surface area contributed by atoms with Crippen LogP contribution in [-0.2, 0) is 4.79 Å². The van der Waals surface area contributed by atoms with Crippen LogP contribution in [0.2, 0.25) is 0 Å². The monoisotopic (exact) mass is 475 g/mol. The zero-order valence-electron chi connectivity index (χ0n) is 17.4. The number of benzene rings is 2. The van der Waals surface area contributed by atoms with Crippen LogP contribution in [0.3, 0.4) is 0 Å². The van der Waals surface area contributed by atoms with E-state index < -0.39 is 11.9 Å². The summed E-state index contributed by atoms with van der Waals surface area (Å²) in [5, 5.41) is 6.79. The summed E-state index contributed by atoms with van der Waals surface area (Å²) >= 11 is 3.45. The van der Waals surface area contributed by atoms with E-state index in [1.54, 1.807) is 43.5 Å². The molecule has 2 rings (SSSR count). The van der Waals surface area contributed by atoms with Gasteiger partial charge in [-0.15, -0.1) is 0 Å². The fourth-order valence-corrected chi connectivity index (χ4v) is 3.26. The number of halogens is 1. The Hall–Kier alpha value is -2.87. The summed E-state index contributed by atoms with van der Waals surface area (Å²) in [4.78, 5) is 25.0. The molecule has 30 heavy (non-hydrogen) atoms. The van der Waals surface area contributed by atoms with Gasteiger partial charge >= 0.3 is 0 Å². The van der Waals surface area contributed by atoms with E-state index in [1.165, 1.54) is 6.21 Å². The Bertz CT molecular complexity index is 901. The molecule has 0 bridgehead atoms. The second-order valence-corrected chi connectivity index (χ2v) is 7.62. The molecule has 1 unspecified atom stereocenters. The second-order valence-electron chi connectivity index (χ2n) is 6.76. The van der Waals surface area contributed by atoms with Crippen LogP contribution in [0.25, 0.3) is 0 Å². The van der Waals surface area contributed by atoms with Gasteiger partial charge in [0, 0.05) is 5.56 Å². The normalized spacial score (nSPS) is 11.9. The number of amides is 2. The fraction of sp³-hybridized carbons (Fsp3) is 0.318. The molecule has 2 aromatic rings. The van der Waals surface area contributed by atoms with Gasteiger partial charge in [-0.1, -0.05) is 32.0 Å². The molecule has 2 aromatic carbocycles. The number of hydrazone groups is 1. The Morgan fingerprint density at radius 1 is 1.20 bits per heavy atom. The number of hydrogen-bond acceptors (Lipinski definition) is 5. The molecular formula is C22H26BrN3O4. The van der Waals surface area contributed by atoms with Crippen molar-refractivity contribution >= 4 is 34.0 Å². The number of carbonyl (C=O) groups is 2. The molecule has 0 fully saturated rings. The van der Waals surface area contributed by atoms with Gasteiger partial charge in [0.25, 0.3) is 11.8 Å². The van der Waals surface area contributed by atoms with Crippen molar-refractivity contribution in [2.45, 2.75) is 26.8 Å². The number of rotatable bonds is 9. The van der Waals surface area contributed by atoms with Crippen molar-refractivity contribution in [2.75, 3.05) is 13.7 Å². The van der Waals surface area contributed by atoms with Gasteiger partial charge < -0.3 is 14.8 Å². The summed E-state index contributed by atoms with van der Waals surface area (Å²) < 4.78 is 11.6. The number of nitrogens with zero attached hydrogens (tertiary/aromatic N) is 1. The van der Waals surface area contributed by atoms with Gasteiger partial charge in [0.2, 0.25) is 0 Å². The number of hydrogen-bond donors (Lipinski definition) is 2. The molecule has 0 aliphatic rings. The molecule has 0 saturated heterocycles. The summed E-state index contributed by atoms with van der Waals surface area (Å²) in [5.74, 6) is 0.322. The second kappa shape index (κ2) is 11.3. The molecule has 0 heterocycles. The molecule has 2 N–H and O–H groups in total. The predicted molar refractivity (Wildman–Crippen MR) is 120 cm³/mol. The molecule has 0 saturated carbocycles. The van der Waals surface area contributed by atoms with Crippen LogP contribution >= 0.6 is 15.9 Å². The van der Waals surface area contributed by atoms with E-state index in [9.17, 15) is 9.59 Å². The van der Waals surface area contributed by atoms with Crippen molar-refractivity contribution in [3.05, 3.63) is 58.1 Å². The lowest BCUT2D eigenvalue weighted by molar-refractivity contribution is -0.123. The van der Waals surface area contributed by atoms with Crippen LogP contribution < -0.4 is 20.2 Å². The van der Waals surface area contributed by atoms with Gasteiger partial charge in [-0.2, -0.15) is 5.10 Å². The first-order chi connectivity index (χ1) is 14.4. The van der Waals surface area contributed by atoms with Crippen LogP contribution in [0, 0.1) is 5.92 Å². The SMILES string of the molecule is CCOc1c(Br)cc(C=NNC(=O)C(NC(=O)c2ccccc2)C(C)C)cc1OC. The van der Waals surface area contributed by atoms with E-state index in [0.717, 1.165) is 0 Å². The maximum absolute atomic E-state index is 12.6. The third-order valence-electron chi connectivity index (χ3n) is 4.20. The minimum Gasteiger partial charge on any atom is -0.493 e. The first-order valence-electron chi connectivity index (χ1n) is 9.56. The molecule has 160 valence electrons. The van der Waals surface area contributed by atoms with E-state index in [4.69, 9.17) is 9.47 Å². The van der Waals surface area contributed by atoms with Crippen molar-refractivity contribution in [3.8, 4) is 11.5 Å². The van der Waals surface area contributed by atoms with Gasteiger partial charge in [-0.3, -0.25) is 9.59 Å². The zero-order valence-corrected chi connectivity index (χ0v) is 19.0. The number of methoxy groups -OCH3 is 1. The lowest BCUT2D eigenvalue weighted by atomic mass is 10.0. The van der Waals surface area contributed by atoms with Crippen LogP contribution in [0.15, 0.2) is 52.0 Å². The first-order valence-corrected chi connectivity index (χ1v) is 10.4. The Morgan fingerprint density at radius 3 is 2.50 bits per heavy atom. The first kappa shape index (κ1) is 23.4. The summed E-state index contributed by atoms with van der Waals surface area (Å²) in [5.41, 5.74) is 3.69. The van der Waals surface area contributed by atoms with Crippen molar-refractivity contribution in [2.24, 2.45) is 11.0 Å². The Labute approximate surface area is 185 Å². The van der Waals surface area contributed by atoms with Crippen molar-refractivity contribution in [1.29, 1.82) is 0 Å². The number of nitrogens with one attached hydrogen (secondary N) is 2. The topological polar surface area (TPSA) is 89.0 Å². The van der Waals surface area contributed by atoms with E-state index >= 15 is 0 Å². The van der Waals surface area contributed by atoms with E-state index in [1.807, 2.05) is 26.8 Å². The maximum Gasteiger partial charge on any atom is 0.262 e. The third-order valence-corrected chi connectivity index (χ3v) is 4.79. The fourth-order valence-electron chi connectivity index (χ4n) is 2.69. The van der Waals surface area contributed by atoms with Crippen LogP contribution in [0.1, 0.15) is 36.7 Å². The van der Waals surface area contributed by atoms with E-state index in [-0.39, 0.29) is 11.8 Å². The lowest BCUT2D eigenvalue weighted by Gasteiger charge is -2.20. The molecule has 0 aliphatic carbocycles. The van der Waals surface area contributed by atoms with E-state index in [0.29, 0.717) is 33.7 Å². The van der Waals surface area contributed by atoms with Crippen LogP contribution in [-0.4, -0.2) is 37.8 Å². The molecule has 0 radical (unpaired) electrons. The van der Waals surface area contributed by atoms with Crippen molar-refractivity contribution < 1.29 is 19.1 Å². The van der Waals surface area contributed by atoms with Gasteiger partial charge in [0.05, 0.1) is 24.4 Å². The lowest BCUT2D eigenvalue weighted by Crippen LogP contribution is -2.48. The number of ether oxygens (including phenoxy) is 2. The van der Waals surface area contributed by atoms with Crippen molar-refractivity contribution in [1.82, 2.24) is 10.7 Å². The molecule has 8 heteroatoms. The highest BCUT2D eigenvalue weighted by Gasteiger charge is 2.24. The molecular weight excluding hydrogens is 450 g/mol. The molecule has 2 amide bonds. The Balaban J connectivity index is 2.07. The maximum atomic E-state index is 12.6. The smallest absolute Gasteiger partial charge is 0.262 e. The van der Waals surface area contributed by atoms with Crippen LogP contribution in [0.4, 0.5) is 0 Å². The van der Waals surface area contributed by atoms with Gasteiger partial charge in [-0.25, -0.2) is 5.43 Å². The molecule has 0 aromatic heterocycles. The zero-order chi connectivity index (χ0) is 22.1. The predicted octanol–water partition coefficient (Wildman–Crippen LogP) is 3.76. The van der Waals surface area contributed by atoms with Gasteiger partial charge in [0.15, 0.2) is 11.5 Å². The standard InChI is InChI=1S/C22H26BrN3O4/c1-5-30-20-17(23)11-15(12-18(20)29-4)13-24-26-22(28)19(14(2)3)25-21(27)16-9-7-6-8-10-16/h6-14,19H,5H2,1-4H3,(H,25,27)(H,26,28). The Kier molecular flexibility index (Phi) is 8.86. The quantitative estimate of drug-likeness (QED) is 0.426. The van der Waals surface area contributed by atoms with Crippen molar-refractivity contribution in [3.63, 3.8) is 0 Å². The third kappa shape index (κ3) is 6.32. The molecule has 1 atom stereocenters. The molecule has 0 spiro atoms. The summed E-state index contributed by atoms with van der Waals surface area (Å²) in [6.07, 6.45) is 1.50.